The lowest BCUT2D eigenvalue weighted by Gasteiger charge is -2.33. The molecule has 20 heavy (non-hydrogen) atoms. The van der Waals surface area contributed by atoms with Crippen LogP contribution in [0.1, 0.15) is 59.1 Å². The van der Waals surface area contributed by atoms with E-state index in [0.717, 1.165) is 12.0 Å². The normalized spacial score (nSPS) is 13.9. The Balaban J connectivity index is 2.55. The van der Waals surface area contributed by atoms with Crippen molar-refractivity contribution in [2.75, 3.05) is 0 Å². The van der Waals surface area contributed by atoms with Gasteiger partial charge in [0.1, 0.15) is 0 Å². The van der Waals surface area contributed by atoms with E-state index in [0.29, 0.717) is 6.42 Å². The van der Waals surface area contributed by atoms with Crippen LogP contribution in [-0.2, 0) is 4.79 Å². The van der Waals surface area contributed by atoms with Gasteiger partial charge in [0.2, 0.25) is 5.91 Å². The fraction of sp³-hybridized carbons (Fsp3) is 0.588. The molecule has 0 aliphatic heterocycles. The van der Waals surface area contributed by atoms with Crippen LogP contribution in [0, 0.1) is 5.41 Å². The highest BCUT2D eigenvalue weighted by Crippen LogP contribution is 2.27. The smallest absolute Gasteiger partial charge is 0.222 e. The zero-order valence-corrected chi connectivity index (χ0v) is 13.4. The number of carbonyl (C=O) groups excluding carboxylic acids is 1. The monoisotopic (exact) mass is 276 g/mol. The molecule has 0 aromatic heterocycles. The molecule has 1 rings (SSSR count). The maximum atomic E-state index is 12.1. The molecule has 1 aromatic carbocycles. The summed E-state index contributed by atoms with van der Waals surface area (Å²) in [6.07, 6.45) is 1.24. The van der Waals surface area contributed by atoms with Gasteiger partial charge in [-0.15, -0.1) is 0 Å². The van der Waals surface area contributed by atoms with Gasteiger partial charge < -0.3 is 11.1 Å². The molecule has 0 heterocycles. The lowest BCUT2D eigenvalue weighted by molar-refractivity contribution is -0.123. The van der Waals surface area contributed by atoms with Crippen molar-refractivity contribution in [3.05, 3.63) is 35.9 Å². The van der Waals surface area contributed by atoms with E-state index in [9.17, 15) is 4.79 Å². The van der Waals surface area contributed by atoms with Crippen LogP contribution in [0.2, 0.25) is 0 Å². The Hall–Kier alpha value is -1.35. The van der Waals surface area contributed by atoms with Gasteiger partial charge >= 0.3 is 0 Å². The van der Waals surface area contributed by atoms with Crippen LogP contribution >= 0.6 is 0 Å². The molecule has 0 spiro atoms. The molecule has 1 atom stereocenters. The first-order valence-electron chi connectivity index (χ1n) is 7.21. The Morgan fingerprint density at radius 2 is 1.70 bits per heavy atom. The minimum Gasteiger partial charge on any atom is -0.351 e. The summed E-state index contributed by atoms with van der Waals surface area (Å²) in [7, 11) is 0. The van der Waals surface area contributed by atoms with Gasteiger partial charge in [-0.2, -0.15) is 0 Å². The lowest BCUT2D eigenvalue weighted by atomic mass is 9.81. The topological polar surface area (TPSA) is 55.1 Å². The van der Waals surface area contributed by atoms with Crippen molar-refractivity contribution in [1.82, 2.24) is 5.32 Å². The fourth-order valence-electron chi connectivity index (χ4n) is 2.82. The van der Waals surface area contributed by atoms with E-state index in [1.54, 1.807) is 0 Å². The average molecular weight is 276 g/mol. The second-order valence-corrected chi connectivity index (χ2v) is 7.39. The van der Waals surface area contributed by atoms with Crippen molar-refractivity contribution >= 4 is 5.91 Å². The van der Waals surface area contributed by atoms with E-state index in [2.05, 4.69) is 39.9 Å². The highest BCUT2D eigenvalue weighted by atomic mass is 16.1. The Morgan fingerprint density at radius 1 is 1.15 bits per heavy atom. The number of nitrogens with two attached hydrogens (primary N) is 1. The Kier molecular flexibility index (Phi) is 5.35. The first-order valence-corrected chi connectivity index (χ1v) is 7.21. The largest absolute Gasteiger partial charge is 0.351 e. The van der Waals surface area contributed by atoms with Gasteiger partial charge in [-0.25, -0.2) is 0 Å². The molecule has 0 saturated heterocycles. The zero-order valence-electron chi connectivity index (χ0n) is 13.4. The molecule has 3 N–H and O–H groups in total. The van der Waals surface area contributed by atoms with Crippen LogP contribution in [-0.4, -0.2) is 11.4 Å². The highest BCUT2D eigenvalue weighted by Gasteiger charge is 2.27. The molecule has 3 nitrogen and oxygen atoms in total. The maximum Gasteiger partial charge on any atom is 0.222 e. The Morgan fingerprint density at radius 3 is 2.20 bits per heavy atom. The van der Waals surface area contributed by atoms with Gasteiger partial charge in [0.25, 0.3) is 0 Å². The molecule has 0 aliphatic carbocycles. The van der Waals surface area contributed by atoms with Crippen molar-refractivity contribution in [3.63, 3.8) is 0 Å². The quantitative estimate of drug-likeness (QED) is 0.866. The van der Waals surface area contributed by atoms with Gasteiger partial charge in [-0.05, 0) is 31.2 Å². The third-order valence-corrected chi connectivity index (χ3v) is 3.08. The second kappa shape index (κ2) is 6.40. The first kappa shape index (κ1) is 16.7. The summed E-state index contributed by atoms with van der Waals surface area (Å²) < 4.78 is 0. The van der Waals surface area contributed by atoms with Gasteiger partial charge in [0.15, 0.2) is 0 Å². The van der Waals surface area contributed by atoms with Crippen LogP contribution in [0.15, 0.2) is 30.3 Å². The van der Waals surface area contributed by atoms with Crippen LogP contribution in [0.3, 0.4) is 0 Å². The number of hydrogen-bond donors (Lipinski definition) is 2. The fourth-order valence-corrected chi connectivity index (χ4v) is 2.82. The van der Waals surface area contributed by atoms with Gasteiger partial charge in [-0.3, -0.25) is 4.79 Å². The van der Waals surface area contributed by atoms with E-state index < -0.39 is 0 Å². The molecular weight excluding hydrogens is 248 g/mol. The summed E-state index contributed by atoms with van der Waals surface area (Å²) in [6, 6.07) is 9.49. The second-order valence-electron chi connectivity index (χ2n) is 7.39. The van der Waals surface area contributed by atoms with Crippen molar-refractivity contribution in [2.24, 2.45) is 11.1 Å². The third-order valence-electron chi connectivity index (χ3n) is 3.08. The number of rotatable bonds is 5. The number of nitrogens with one attached hydrogen (secondary N) is 1. The Labute approximate surface area is 122 Å². The third kappa shape index (κ3) is 6.20. The van der Waals surface area contributed by atoms with E-state index in [1.165, 1.54) is 0 Å². The van der Waals surface area contributed by atoms with Crippen LogP contribution in [0.25, 0.3) is 0 Å². The molecule has 0 radical (unpaired) electrons. The van der Waals surface area contributed by atoms with Crippen LogP contribution < -0.4 is 11.1 Å². The zero-order chi connectivity index (χ0) is 15.4. The number of hydrogen-bond acceptors (Lipinski definition) is 2. The molecule has 0 saturated carbocycles. The number of benzene rings is 1. The molecule has 1 unspecified atom stereocenters. The molecule has 3 heteroatoms. The van der Waals surface area contributed by atoms with Gasteiger partial charge in [-0.1, -0.05) is 51.1 Å². The maximum absolute atomic E-state index is 12.1. The first-order chi connectivity index (χ1) is 9.09. The van der Waals surface area contributed by atoms with E-state index in [4.69, 9.17) is 5.73 Å². The highest BCUT2D eigenvalue weighted by molar-refractivity contribution is 5.77. The summed E-state index contributed by atoms with van der Waals surface area (Å²) in [5.74, 6) is 0.00982. The van der Waals surface area contributed by atoms with Crippen molar-refractivity contribution in [3.8, 4) is 0 Å². The summed E-state index contributed by atoms with van der Waals surface area (Å²) in [4.78, 5) is 12.1. The van der Waals surface area contributed by atoms with E-state index in [1.807, 2.05) is 30.3 Å². The van der Waals surface area contributed by atoms with Crippen molar-refractivity contribution < 1.29 is 4.79 Å². The summed E-state index contributed by atoms with van der Waals surface area (Å²) in [5, 5.41) is 3.09. The van der Waals surface area contributed by atoms with E-state index >= 15 is 0 Å². The summed E-state index contributed by atoms with van der Waals surface area (Å²) in [6.45, 7) is 10.7. The number of carbonyl (C=O) groups is 1. The summed E-state index contributed by atoms with van der Waals surface area (Å²) >= 11 is 0. The predicted molar refractivity (Wildman–Crippen MR) is 84.3 cm³/mol. The minimum absolute atomic E-state index is 0.00982. The molecule has 1 amide bonds. The molecular formula is C17H28N2O. The summed E-state index contributed by atoms with van der Waals surface area (Å²) in [5.41, 5.74) is 7.04. The van der Waals surface area contributed by atoms with E-state index in [-0.39, 0.29) is 22.9 Å². The molecule has 0 aliphatic rings. The van der Waals surface area contributed by atoms with Crippen molar-refractivity contribution in [2.45, 2.75) is 59.0 Å². The lowest BCUT2D eigenvalue weighted by Crippen LogP contribution is -2.46. The SMILES string of the molecule is CC(C)(C)CC(C)(C)NC(=O)CC(N)c1ccccc1. The van der Waals surface area contributed by atoms with Crippen LogP contribution in [0.5, 0.6) is 0 Å². The molecule has 1 aromatic rings. The van der Waals surface area contributed by atoms with Gasteiger partial charge in [0, 0.05) is 18.0 Å². The molecule has 0 bridgehead atoms. The standard InChI is InChI=1S/C17H28N2O/c1-16(2,3)12-17(4,5)19-15(20)11-14(18)13-9-7-6-8-10-13/h6-10,14H,11-12,18H2,1-5H3,(H,19,20). The predicted octanol–water partition coefficient (Wildman–Crippen LogP) is 3.41. The molecule has 112 valence electrons. The molecule has 0 fully saturated rings. The Bertz CT molecular complexity index is 432. The minimum atomic E-state index is -0.248. The van der Waals surface area contributed by atoms with Crippen molar-refractivity contribution in [1.29, 1.82) is 0 Å². The average Bonchev–Trinajstić information content (AvgIpc) is 2.25. The number of amides is 1. The van der Waals surface area contributed by atoms with Crippen LogP contribution in [0.4, 0.5) is 0 Å². The van der Waals surface area contributed by atoms with Gasteiger partial charge in [0.05, 0.1) is 0 Å².